The minimum absolute atomic E-state index is 0.0290. The molecule has 2 atom stereocenters. The minimum Gasteiger partial charge on any atom is -0.497 e. The molecule has 0 saturated heterocycles. The molecule has 1 aliphatic heterocycles. The number of carbonyl (C=O) groups excluding carboxylic acids is 2. The molecular weight excluding hydrogens is 560 g/mol. The van der Waals surface area contributed by atoms with Crippen LogP contribution in [0.3, 0.4) is 0 Å². The van der Waals surface area contributed by atoms with Crippen LogP contribution < -0.4 is 34.3 Å². The van der Waals surface area contributed by atoms with E-state index in [0.29, 0.717) is 64.3 Å². The minimum atomic E-state index is -0.618. The summed E-state index contributed by atoms with van der Waals surface area (Å²) in [5.41, 5.74) is 4.88. The predicted molar refractivity (Wildman–Crippen MR) is 168 cm³/mol. The average molecular weight is 599 g/mol. The van der Waals surface area contributed by atoms with Crippen LogP contribution in [0.15, 0.2) is 83.2 Å². The first-order chi connectivity index (χ1) is 21.3. The molecule has 0 saturated carbocycles. The van der Waals surface area contributed by atoms with Crippen LogP contribution in [-0.4, -0.2) is 46.7 Å². The van der Waals surface area contributed by atoms with Gasteiger partial charge in [0.15, 0.2) is 28.8 Å². The normalized spacial score (nSPS) is 17.8. The fourth-order valence-electron chi connectivity index (χ4n) is 6.03. The molecule has 9 nitrogen and oxygen atoms in total. The number of benzene rings is 3. The standard InChI is InChI=1S/C35H38N2O7/c1-7-44-29-15-9-22(19-31(29)43-6)33-32(35(39)37-24-10-12-25(40-3)13-11-24)20(2)36-26-16-23(17-27(38)34(26)33)21-8-14-28(41-4)30(18-21)42-5/h8-15,18-19,23,33,36H,7,16-17H2,1-6H3,(H,37,39). The first-order valence-electron chi connectivity index (χ1n) is 14.5. The second-order valence-corrected chi connectivity index (χ2v) is 10.7. The van der Waals surface area contributed by atoms with Gasteiger partial charge >= 0.3 is 0 Å². The highest BCUT2D eigenvalue weighted by Crippen LogP contribution is 2.47. The Kier molecular flexibility index (Phi) is 9.13. The van der Waals surface area contributed by atoms with E-state index in [2.05, 4.69) is 10.6 Å². The van der Waals surface area contributed by atoms with Crippen molar-refractivity contribution in [2.24, 2.45) is 0 Å². The number of hydrogen-bond donors (Lipinski definition) is 2. The molecule has 5 rings (SSSR count). The van der Waals surface area contributed by atoms with Gasteiger partial charge in [-0.1, -0.05) is 12.1 Å². The van der Waals surface area contributed by atoms with Crippen LogP contribution in [0.5, 0.6) is 28.7 Å². The van der Waals surface area contributed by atoms with E-state index in [4.69, 9.17) is 23.7 Å². The van der Waals surface area contributed by atoms with Gasteiger partial charge in [0.2, 0.25) is 0 Å². The lowest BCUT2D eigenvalue weighted by molar-refractivity contribution is -0.116. The zero-order chi connectivity index (χ0) is 31.4. The van der Waals surface area contributed by atoms with Crippen LogP contribution in [0.4, 0.5) is 5.69 Å². The monoisotopic (exact) mass is 598 g/mol. The van der Waals surface area contributed by atoms with Crippen LogP contribution >= 0.6 is 0 Å². The Labute approximate surface area is 257 Å². The molecule has 44 heavy (non-hydrogen) atoms. The van der Waals surface area contributed by atoms with Crippen LogP contribution in [0.1, 0.15) is 49.7 Å². The number of hydrogen-bond acceptors (Lipinski definition) is 8. The van der Waals surface area contributed by atoms with Crippen molar-refractivity contribution in [1.82, 2.24) is 5.32 Å². The molecule has 0 spiro atoms. The molecule has 2 N–H and O–H groups in total. The first kappa shape index (κ1) is 30.5. The number of methoxy groups -OCH3 is 4. The third-order valence-corrected chi connectivity index (χ3v) is 8.12. The van der Waals surface area contributed by atoms with Crippen molar-refractivity contribution in [3.8, 4) is 28.7 Å². The Morgan fingerprint density at radius 2 is 1.45 bits per heavy atom. The Balaban J connectivity index is 1.57. The number of anilines is 1. The molecule has 230 valence electrons. The summed E-state index contributed by atoms with van der Waals surface area (Å²) in [5.74, 6) is 2.02. The Bertz CT molecular complexity index is 1620. The van der Waals surface area contributed by atoms with Gasteiger partial charge in [0.25, 0.3) is 5.91 Å². The quantitative estimate of drug-likeness (QED) is 0.288. The lowest BCUT2D eigenvalue weighted by Gasteiger charge is -2.37. The van der Waals surface area contributed by atoms with E-state index < -0.39 is 5.92 Å². The number of ether oxygens (including phenoxy) is 5. The summed E-state index contributed by atoms with van der Waals surface area (Å²) in [6.07, 6.45) is 0.874. The van der Waals surface area contributed by atoms with Gasteiger partial charge in [-0.15, -0.1) is 0 Å². The van der Waals surface area contributed by atoms with Crippen molar-refractivity contribution in [3.05, 3.63) is 94.3 Å². The van der Waals surface area contributed by atoms with E-state index in [0.717, 1.165) is 16.8 Å². The summed E-state index contributed by atoms with van der Waals surface area (Å²) in [6.45, 7) is 4.25. The molecule has 0 bridgehead atoms. The SMILES string of the molecule is CCOc1ccc(C2C(C(=O)Nc3ccc(OC)cc3)=C(C)NC3=C2C(=O)CC(c2ccc(OC)c(OC)c2)C3)cc1OC. The fraction of sp³-hybridized carbons (Fsp3) is 0.314. The van der Waals surface area contributed by atoms with E-state index in [-0.39, 0.29) is 24.0 Å². The van der Waals surface area contributed by atoms with Crippen molar-refractivity contribution in [3.63, 3.8) is 0 Å². The number of carbonyl (C=O) groups is 2. The maximum absolute atomic E-state index is 14.1. The zero-order valence-corrected chi connectivity index (χ0v) is 25.9. The summed E-state index contributed by atoms with van der Waals surface area (Å²) in [6, 6.07) is 18.5. The van der Waals surface area contributed by atoms with Gasteiger partial charge in [-0.05, 0) is 85.8 Å². The fourth-order valence-corrected chi connectivity index (χ4v) is 6.03. The smallest absolute Gasteiger partial charge is 0.254 e. The number of dihydropyridines is 1. The third kappa shape index (κ3) is 5.95. The van der Waals surface area contributed by atoms with Gasteiger partial charge in [-0.25, -0.2) is 0 Å². The molecule has 1 amide bonds. The molecule has 1 heterocycles. The second-order valence-electron chi connectivity index (χ2n) is 10.7. The molecule has 9 heteroatoms. The number of allylic oxidation sites excluding steroid dienone is 3. The molecule has 1 aliphatic carbocycles. The van der Waals surface area contributed by atoms with Crippen molar-refractivity contribution in [2.45, 2.75) is 38.5 Å². The summed E-state index contributed by atoms with van der Waals surface area (Å²) in [7, 11) is 6.36. The molecule has 2 unspecified atom stereocenters. The van der Waals surface area contributed by atoms with Gasteiger partial charge in [0, 0.05) is 40.6 Å². The van der Waals surface area contributed by atoms with Gasteiger partial charge in [-0.2, -0.15) is 0 Å². The molecular formula is C35H38N2O7. The molecule has 3 aromatic carbocycles. The Morgan fingerprint density at radius 3 is 2.11 bits per heavy atom. The largest absolute Gasteiger partial charge is 0.497 e. The number of nitrogens with one attached hydrogen (secondary N) is 2. The van der Waals surface area contributed by atoms with Crippen LogP contribution in [-0.2, 0) is 9.59 Å². The van der Waals surface area contributed by atoms with Crippen LogP contribution in [0, 0.1) is 0 Å². The van der Waals surface area contributed by atoms with Gasteiger partial charge in [-0.3, -0.25) is 9.59 Å². The zero-order valence-electron chi connectivity index (χ0n) is 25.9. The van der Waals surface area contributed by atoms with Crippen LogP contribution in [0.25, 0.3) is 0 Å². The lowest BCUT2D eigenvalue weighted by atomic mass is 9.71. The molecule has 0 fully saturated rings. The third-order valence-electron chi connectivity index (χ3n) is 8.12. The predicted octanol–water partition coefficient (Wildman–Crippen LogP) is 6.12. The Hall–Kier alpha value is -4.92. The van der Waals surface area contributed by atoms with E-state index in [9.17, 15) is 9.59 Å². The lowest BCUT2D eigenvalue weighted by Crippen LogP contribution is -2.37. The maximum Gasteiger partial charge on any atom is 0.254 e. The summed E-state index contributed by atoms with van der Waals surface area (Å²) in [4.78, 5) is 28.1. The molecule has 0 aromatic heterocycles. The Morgan fingerprint density at radius 1 is 0.818 bits per heavy atom. The number of Topliss-reactive ketones (excluding diaryl/α,β-unsaturated/α-hetero) is 1. The second kappa shape index (κ2) is 13.2. The first-order valence-corrected chi connectivity index (χ1v) is 14.5. The van der Waals surface area contributed by atoms with Gasteiger partial charge < -0.3 is 34.3 Å². The number of ketones is 1. The molecule has 3 aromatic rings. The van der Waals surface area contributed by atoms with E-state index in [1.807, 2.05) is 50.2 Å². The van der Waals surface area contributed by atoms with E-state index in [1.165, 1.54) is 0 Å². The summed E-state index contributed by atoms with van der Waals surface area (Å²) >= 11 is 0. The summed E-state index contributed by atoms with van der Waals surface area (Å²) in [5, 5.41) is 6.45. The van der Waals surface area contributed by atoms with E-state index >= 15 is 0 Å². The number of amides is 1. The maximum atomic E-state index is 14.1. The van der Waals surface area contributed by atoms with Crippen molar-refractivity contribution < 1.29 is 33.3 Å². The highest BCUT2D eigenvalue weighted by molar-refractivity contribution is 6.10. The topological polar surface area (TPSA) is 104 Å². The van der Waals surface area contributed by atoms with Crippen molar-refractivity contribution in [2.75, 3.05) is 40.4 Å². The van der Waals surface area contributed by atoms with Gasteiger partial charge in [0.05, 0.1) is 35.0 Å². The molecule has 2 aliphatic rings. The number of rotatable bonds is 10. The highest BCUT2D eigenvalue weighted by atomic mass is 16.5. The highest BCUT2D eigenvalue weighted by Gasteiger charge is 2.41. The molecule has 0 radical (unpaired) electrons. The van der Waals surface area contributed by atoms with Crippen LogP contribution in [0.2, 0.25) is 0 Å². The average Bonchev–Trinajstić information content (AvgIpc) is 3.04. The van der Waals surface area contributed by atoms with Crippen molar-refractivity contribution >= 4 is 17.4 Å². The van der Waals surface area contributed by atoms with Gasteiger partial charge in [0.1, 0.15) is 5.75 Å². The van der Waals surface area contributed by atoms with E-state index in [1.54, 1.807) is 52.7 Å². The van der Waals surface area contributed by atoms with Crippen molar-refractivity contribution in [1.29, 1.82) is 0 Å². The summed E-state index contributed by atoms with van der Waals surface area (Å²) < 4.78 is 27.6.